The van der Waals surface area contributed by atoms with Crippen molar-refractivity contribution < 1.29 is 0 Å². The van der Waals surface area contributed by atoms with E-state index in [2.05, 4.69) is 20.4 Å². The molecule has 3 aromatic rings. The van der Waals surface area contributed by atoms with Gasteiger partial charge in [0.2, 0.25) is 5.95 Å². The molecule has 0 aliphatic heterocycles. The highest BCUT2D eigenvalue weighted by Crippen LogP contribution is 2.11. The van der Waals surface area contributed by atoms with E-state index < -0.39 is 0 Å². The van der Waals surface area contributed by atoms with E-state index in [1.54, 1.807) is 12.4 Å². The Morgan fingerprint density at radius 2 is 2.00 bits per heavy atom. The van der Waals surface area contributed by atoms with Crippen molar-refractivity contribution >= 4 is 16.9 Å². The molecule has 18 heavy (non-hydrogen) atoms. The number of benzene rings is 1. The van der Waals surface area contributed by atoms with Gasteiger partial charge in [0.15, 0.2) is 0 Å². The van der Waals surface area contributed by atoms with Crippen molar-refractivity contribution in [3.05, 3.63) is 59.4 Å². The Labute approximate surface area is 102 Å². The fourth-order valence-corrected chi connectivity index (χ4v) is 1.55. The van der Waals surface area contributed by atoms with Gasteiger partial charge in [-0.05, 0) is 6.07 Å². The number of anilines is 1. The third kappa shape index (κ3) is 2.03. The number of aromatic nitrogens is 4. The Morgan fingerprint density at radius 1 is 1.11 bits per heavy atom. The van der Waals surface area contributed by atoms with Crippen LogP contribution in [0.15, 0.2) is 53.8 Å². The largest absolute Gasteiger partial charge is 0.272 e. The van der Waals surface area contributed by atoms with Crippen molar-refractivity contribution in [1.82, 2.24) is 19.6 Å². The van der Waals surface area contributed by atoms with Crippen LogP contribution < -0.4 is 11.0 Å². The second-order valence-electron chi connectivity index (χ2n) is 3.67. The first kappa shape index (κ1) is 10.4. The third-order valence-electron chi connectivity index (χ3n) is 2.41. The molecule has 0 atom stereocenters. The van der Waals surface area contributed by atoms with Gasteiger partial charge in [0.05, 0.1) is 5.52 Å². The van der Waals surface area contributed by atoms with Crippen molar-refractivity contribution in [2.45, 2.75) is 0 Å². The van der Waals surface area contributed by atoms with E-state index in [1.807, 2.05) is 24.3 Å². The van der Waals surface area contributed by atoms with Gasteiger partial charge in [0, 0.05) is 23.8 Å². The molecule has 6 nitrogen and oxygen atoms in total. The molecule has 0 spiro atoms. The number of hydrogen-bond donors (Lipinski definition) is 1. The summed E-state index contributed by atoms with van der Waals surface area (Å²) in [5.41, 5.74) is 3.48. The summed E-state index contributed by atoms with van der Waals surface area (Å²) in [5, 5.41) is 0.973. The van der Waals surface area contributed by atoms with Crippen LogP contribution >= 0.6 is 0 Å². The highest BCUT2D eigenvalue weighted by Gasteiger charge is 1.98. The van der Waals surface area contributed by atoms with E-state index in [1.165, 1.54) is 17.1 Å². The summed E-state index contributed by atoms with van der Waals surface area (Å²) < 4.78 is 1.52. The van der Waals surface area contributed by atoms with Crippen molar-refractivity contribution in [3.8, 4) is 0 Å². The predicted octanol–water partition coefficient (Wildman–Crippen LogP) is 1.06. The van der Waals surface area contributed by atoms with Crippen LogP contribution in [0.1, 0.15) is 0 Å². The summed E-state index contributed by atoms with van der Waals surface area (Å²) in [6.45, 7) is 0. The number of para-hydroxylation sites is 1. The monoisotopic (exact) mass is 239 g/mol. The van der Waals surface area contributed by atoms with E-state index in [4.69, 9.17) is 0 Å². The zero-order valence-corrected chi connectivity index (χ0v) is 9.32. The maximum Gasteiger partial charge on any atom is 0.272 e. The molecule has 0 aliphatic rings. The minimum atomic E-state index is -0.285. The lowest BCUT2D eigenvalue weighted by Crippen LogP contribution is -2.16. The van der Waals surface area contributed by atoms with Gasteiger partial charge < -0.3 is 0 Å². The summed E-state index contributed by atoms with van der Waals surface area (Å²) >= 11 is 0. The fraction of sp³-hybridized carbons (Fsp3) is 0. The first-order valence-electron chi connectivity index (χ1n) is 5.34. The van der Waals surface area contributed by atoms with E-state index in [-0.39, 0.29) is 5.56 Å². The number of hydrogen-bond acceptors (Lipinski definition) is 5. The number of fused-ring (bicyclic) bond motifs is 1. The normalized spacial score (nSPS) is 10.4. The highest BCUT2D eigenvalue weighted by molar-refractivity contribution is 5.78. The van der Waals surface area contributed by atoms with Crippen LogP contribution in [0, 0.1) is 0 Å². The van der Waals surface area contributed by atoms with E-state index in [9.17, 15) is 4.79 Å². The molecule has 0 saturated heterocycles. The summed E-state index contributed by atoms with van der Waals surface area (Å²) in [6.07, 6.45) is 4.68. The van der Waals surface area contributed by atoms with Crippen LogP contribution in [-0.2, 0) is 0 Å². The molecule has 0 radical (unpaired) electrons. The molecular weight excluding hydrogens is 230 g/mol. The number of nitrogens with zero attached hydrogens (tertiary/aromatic N) is 4. The smallest absolute Gasteiger partial charge is 0.267 e. The predicted molar refractivity (Wildman–Crippen MR) is 67.1 cm³/mol. The highest BCUT2D eigenvalue weighted by atomic mass is 16.1. The molecule has 1 N–H and O–H groups in total. The lowest BCUT2D eigenvalue weighted by Gasteiger charge is -2.07. The lowest BCUT2D eigenvalue weighted by atomic mass is 10.2. The average molecular weight is 239 g/mol. The SMILES string of the molecule is O=c1ccn(Nc2ncc3ccccc3n2)cn1. The fourth-order valence-electron chi connectivity index (χ4n) is 1.55. The van der Waals surface area contributed by atoms with E-state index >= 15 is 0 Å². The van der Waals surface area contributed by atoms with E-state index in [0.29, 0.717) is 5.95 Å². The topological polar surface area (TPSA) is 72.7 Å². The van der Waals surface area contributed by atoms with Gasteiger partial charge in [0.25, 0.3) is 5.56 Å². The summed E-state index contributed by atoms with van der Waals surface area (Å²) in [7, 11) is 0. The molecule has 1 aromatic carbocycles. The Morgan fingerprint density at radius 3 is 2.83 bits per heavy atom. The number of nitrogens with one attached hydrogen (secondary N) is 1. The standard InChI is InChI=1S/C12H9N5O/c18-11-5-6-17(8-14-11)16-12-13-7-9-3-1-2-4-10(9)15-12/h1-8H,(H,13,15,16). The summed E-state index contributed by atoms with van der Waals surface area (Å²) in [5.74, 6) is 0.444. The van der Waals surface area contributed by atoms with Crippen LogP contribution in [-0.4, -0.2) is 19.6 Å². The molecule has 88 valence electrons. The molecule has 3 rings (SSSR count). The molecule has 2 heterocycles. The second-order valence-corrected chi connectivity index (χ2v) is 3.67. The molecular formula is C12H9N5O. The van der Waals surface area contributed by atoms with Crippen LogP contribution in [0.5, 0.6) is 0 Å². The third-order valence-corrected chi connectivity index (χ3v) is 2.41. The number of rotatable bonds is 2. The van der Waals surface area contributed by atoms with Gasteiger partial charge in [-0.15, -0.1) is 0 Å². The molecule has 0 aliphatic carbocycles. The quantitative estimate of drug-likeness (QED) is 0.724. The first-order valence-corrected chi connectivity index (χ1v) is 5.34. The molecule has 6 heteroatoms. The molecule has 2 aromatic heterocycles. The second kappa shape index (κ2) is 4.25. The van der Waals surface area contributed by atoms with Crippen LogP contribution in [0.3, 0.4) is 0 Å². The summed E-state index contributed by atoms with van der Waals surface area (Å²) in [6, 6.07) is 9.06. The zero-order valence-electron chi connectivity index (χ0n) is 9.32. The van der Waals surface area contributed by atoms with Gasteiger partial charge in [-0.2, -0.15) is 4.98 Å². The van der Waals surface area contributed by atoms with Gasteiger partial charge in [0.1, 0.15) is 6.33 Å². The molecule has 0 saturated carbocycles. The minimum Gasteiger partial charge on any atom is -0.267 e. The van der Waals surface area contributed by atoms with Gasteiger partial charge in [-0.25, -0.2) is 14.6 Å². The average Bonchev–Trinajstić information content (AvgIpc) is 2.41. The van der Waals surface area contributed by atoms with Crippen LogP contribution in [0.4, 0.5) is 5.95 Å². The minimum absolute atomic E-state index is 0.285. The zero-order chi connectivity index (χ0) is 12.4. The Kier molecular flexibility index (Phi) is 2.45. The van der Waals surface area contributed by atoms with Crippen molar-refractivity contribution in [2.24, 2.45) is 0 Å². The maximum absolute atomic E-state index is 10.9. The molecule has 0 bridgehead atoms. The first-order chi connectivity index (χ1) is 8.81. The van der Waals surface area contributed by atoms with E-state index in [0.717, 1.165) is 10.9 Å². The molecule has 0 amide bonds. The van der Waals surface area contributed by atoms with Gasteiger partial charge >= 0.3 is 0 Å². The van der Waals surface area contributed by atoms with Crippen molar-refractivity contribution in [1.29, 1.82) is 0 Å². The summed E-state index contributed by atoms with van der Waals surface area (Å²) in [4.78, 5) is 23.0. The van der Waals surface area contributed by atoms with Crippen molar-refractivity contribution in [2.75, 3.05) is 5.43 Å². The maximum atomic E-state index is 10.9. The van der Waals surface area contributed by atoms with Crippen LogP contribution in [0.2, 0.25) is 0 Å². The molecule has 0 unspecified atom stereocenters. The van der Waals surface area contributed by atoms with Gasteiger partial charge in [-0.3, -0.25) is 10.2 Å². The molecule has 0 fully saturated rings. The van der Waals surface area contributed by atoms with Crippen molar-refractivity contribution in [3.63, 3.8) is 0 Å². The van der Waals surface area contributed by atoms with Crippen LogP contribution in [0.25, 0.3) is 10.9 Å². The Hall–Kier alpha value is -2.76. The Bertz CT molecular complexity index is 732. The lowest BCUT2D eigenvalue weighted by molar-refractivity contribution is 0.866. The Balaban J connectivity index is 1.95. The van der Waals surface area contributed by atoms with Gasteiger partial charge in [-0.1, -0.05) is 18.2 Å².